The number of aromatic nitrogens is 2. The van der Waals surface area contributed by atoms with Crippen LogP contribution < -0.4 is 5.32 Å². The van der Waals surface area contributed by atoms with E-state index in [1.54, 1.807) is 13.1 Å². The fourth-order valence-corrected chi connectivity index (χ4v) is 1.49. The second-order valence-corrected chi connectivity index (χ2v) is 3.68. The summed E-state index contributed by atoms with van der Waals surface area (Å²) in [5.41, 5.74) is 1.14. The molecule has 18 heavy (non-hydrogen) atoms. The van der Waals surface area contributed by atoms with Gasteiger partial charge in [0.2, 0.25) is 0 Å². The van der Waals surface area contributed by atoms with Gasteiger partial charge in [0.1, 0.15) is 5.69 Å². The lowest BCUT2D eigenvalue weighted by Gasteiger charge is -2.05. The zero-order valence-corrected chi connectivity index (χ0v) is 9.62. The summed E-state index contributed by atoms with van der Waals surface area (Å²) in [4.78, 5) is 22.5. The largest absolute Gasteiger partial charge is 0.478 e. The summed E-state index contributed by atoms with van der Waals surface area (Å²) in [5, 5.41) is 15.3. The summed E-state index contributed by atoms with van der Waals surface area (Å²) in [6.07, 6.45) is 1.53. The van der Waals surface area contributed by atoms with Gasteiger partial charge in [0.15, 0.2) is 0 Å². The molecule has 6 heteroatoms. The number of carboxylic acid groups (broad SMARTS) is 1. The van der Waals surface area contributed by atoms with E-state index in [0.29, 0.717) is 11.4 Å². The highest BCUT2D eigenvalue weighted by Gasteiger charge is 2.10. The number of aryl methyl sites for hydroxylation is 1. The number of anilines is 1. The molecular formula is C12H11N3O3. The van der Waals surface area contributed by atoms with Crippen molar-refractivity contribution in [2.24, 2.45) is 7.05 Å². The number of amides is 1. The Morgan fingerprint density at radius 3 is 2.39 bits per heavy atom. The highest BCUT2D eigenvalue weighted by Crippen LogP contribution is 2.11. The maximum Gasteiger partial charge on any atom is 0.335 e. The maximum absolute atomic E-state index is 11.8. The number of carbonyl (C=O) groups is 2. The van der Waals surface area contributed by atoms with Crippen molar-refractivity contribution in [1.82, 2.24) is 9.78 Å². The first-order chi connectivity index (χ1) is 8.58. The predicted octanol–water partition coefficient (Wildman–Crippen LogP) is 1.37. The van der Waals surface area contributed by atoms with E-state index in [1.807, 2.05) is 0 Å². The van der Waals surface area contributed by atoms with Gasteiger partial charge < -0.3 is 10.4 Å². The Labute approximate surface area is 103 Å². The third-order valence-corrected chi connectivity index (χ3v) is 2.44. The van der Waals surface area contributed by atoms with Gasteiger partial charge in [-0.25, -0.2) is 4.79 Å². The van der Waals surface area contributed by atoms with Gasteiger partial charge in [-0.15, -0.1) is 0 Å². The fourth-order valence-electron chi connectivity index (χ4n) is 1.49. The van der Waals surface area contributed by atoms with Gasteiger partial charge in [-0.1, -0.05) is 0 Å². The minimum Gasteiger partial charge on any atom is -0.478 e. The molecule has 2 rings (SSSR count). The van der Waals surface area contributed by atoms with Crippen LogP contribution >= 0.6 is 0 Å². The van der Waals surface area contributed by atoms with Crippen molar-refractivity contribution in [3.63, 3.8) is 0 Å². The minimum atomic E-state index is -1.00. The Balaban J connectivity index is 2.13. The molecule has 0 aliphatic heterocycles. The van der Waals surface area contributed by atoms with Gasteiger partial charge in [0.25, 0.3) is 5.91 Å². The average molecular weight is 245 g/mol. The summed E-state index contributed by atoms with van der Waals surface area (Å²) in [6, 6.07) is 7.54. The van der Waals surface area contributed by atoms with Crippen molar-refractivity contribution in [2.45, 2.75) is 0 Å². The topological polar surface area (TPSA) is 84.2 Å². The van der Waals surface area contributed by atoms with Crippen LogP contribution in [0.2, 0.25) is 0 Å². The number of hydrogen-bond acceptors (Lipinski definition) is 3. The number of nitrogens with zero attached hydrogens (tertiary/aromatic N) is 2. The molecule has 2 N–H and O–H groups in total. The normalized spacial score (nSPS) is 10.1. The summed E-state index contributed by atoms with van der Waals surface area (Å²) in [7, 11) is 1.67. The second-order valence-electron chi connectivity index (χ2n) is 3.68. The number of aromatic carboxylic acids is 1. The molecule has 0 bridgehead atoms. The second kappa shape index (κ2) is 4.70. The lowest BCUT2D eigenvalue weighted by molar-refractivity contribution is 0.0696. The van der Waals surface area contributed by atoms with Crippen molar-refractivity contribution in [3.05, 3.63) is 47.8 Å². The van der Waals surface area contributed by atoms with Crippen LogP contribution in [0.15, 0.2) is 36.5 Å². The van der Waals surface area contributed by atoms with E-state index in [1.165, 1.54) is 35.1 Å². The quantitative estimate of drug-likeness (QED) is 0.855. The van der Waals surface area contributed by atoms with E-state index in [9.17, 15) is 9.59 Å². The highest BCUT2D eigenvalue weighted by atomic mass is 16.4. The molecule has 6 nitrogen and oxygen atoms in total. The Morgan fingerprint density at radius 1 is 1.22 bits per heavy atom. The number of benzene rings is 1. The molecule has 0 aliphatic rings. The SMILES string of the molecule is Cn1nccc1C(=O)Nc1ccc(C(=O)O)cc1. The van der Waals surface area contributed by atoms with E-state index in [4.69, 9.17) is 5.11 Å². The molecule has 0 unspecified atom stereocenters. The minimum absolute atomic E-state index is 0.175. The molecule has 0 fully saturated rings. The van der Waals surface area contributed by atoms with Crippen molar-refractivity contribution in [1.29, 1.82) is 0 Å². The first-order valence-corrected chi connectivity index (χ1v) is 5.20. The van der Waals surface area contributed by atoms with Gasteiger partial charge in [-0.05, 0) is 30.3 Å². The van der Waals surface area contributed by atoms with Crippen molar-refractivity contribution in [3.8, 4) is 0 Å². The van der Waals surface area contributed by atoms with Gasteiger partial charge in [0.05, 0.1) is 5.56 Å². The lowest BCUT2D eigenvalue weighted by atomic mass is 10.2. The van der Waals surface area contributed by atoms with Crippen molar-refractivity contribution >= 4 is 17.6 Å². The molecule has 1 aromatic heterocycles. The molecule has 1 aromatic carbocycles. The van der Waals surface area contributed by atoms with Crippen LogP contribution in [0, 0.1) is 0 Å². The Bertz CT molecular complexity index is 587. The molecule has 0 atom stereocenters. The van der Waals surface area contributed by atoms with E-state index in [2.05, 4.69) is 10.4 Å². The van der Waals surface area contributed by atoms with E-state index < -0.39 is 5.97 Å². The zero-order valence-electron chi connectivity index (χ0n) is 9.62. The third kappa shape index (κ3) is 2.37. The number of rotatable bonds is 3. The fraction of sp³-hybridized carbons (Fsp3) is 0.0833. The van der Waals surface area contributed by atoms with E-state index >= 15 is 0 Å². The number of carboxylic acids is 1. The Morgan fingerprint density at radius 2 is 1.89 bits per heavy atom. The summed E-state index contributed by atoms with van der Waals surface area (Å²) < 4.78 is 1.46. The van der Waals surface area contributed by atoms with Crippen LogP contribution in [0.3, 0.4) is 0 Å². The number of nitrogens with one attached hydrogen (secondary N) is 1. The molecule has 0 radical (unpaired) electrons. The first-order valence-electron chi connectivity index (χ1n) is 5.20. The first kappa shape index (κ1) is 11.8. The molecule has 2 aromatic rings. The molecule has 1 heterocycles. The lowest BCUT2D eigenvalue weighted by Crippen LogP contribution is -2.16. The van der Waals surface area contributed by atoms with Crippen LogP contribution in [0.5, 0.6) is 0 Å². The Kier molecular flexibility index (Phi) is 3.09. The van der Waals surface area contributed by atoms with Crippen LogP contribution in [0.25, 0.3) is 0 Å². The van der Waals surface area contributed by atoms with Gasteiger partial charge in [-0.3, -0.25) is 9.48 Å². The van der Waals surface area contributed by atoms with Crippen molar-refractivity contribution < 1.29 is 14.7 Å². The molecule has 0 saturated carbocycles. The van der Waals surface area contributed by atoms with Crippen LogP contribution in [-0.4, -0.2) is 26.8 Å². The number of carbonyl (C=O) groups excluding carboxylic acids is 1. The maximum atomic E-state index is 11.8. The van der Waals surface area contributed by atoms with Crippen LogP contribution in [-0.2, 0) is 7.05 Å². The van der Waals surface area contributed by atoms with Crippen molar-refractivity contribution in [2.75, 3.05) is 5.32 Å². The average Bonchev–Trinajstić information content (AvgIpc) is 2.76. The monoisotopic (exact) mass is 245 g/mol. The summed E-state index contributed by atoms with van der Waals surface area (Å²) in [6.45, 7) is 0. The standard InChI is InChI=1S/C12H11N3O3/c1-15-10(6-7-13-15)11(16)14-9-4-2-8(3-5-9)12(17)18/h2-7H,1H3,(H,14,16)(H,17,18). The van der Waals surface area contributed by atoms with Gasteiger partial charge >= 0.3 is 5.97 Å². The highest BCUT2D eigenvalue weighted by molar-refractivity contribution is 6.03. The zero-order chi connectivity index (χ0) is 13.1. The van der Waals surface area contributed by atoms with Gasteiger partial charge in [0, 0.05) is 18.9 Å². The smallest absolute Gasteiger partial charge is 0.335 e. The third-order valence-electron chi connectivity index (χ3n) is 2.44. The van der Waals surface area contributed by atoms with Gasteiger partial charge in [-0.2, -0.15) is 5.10 Å². The molecular weight excluding hydrogens is 234 g/mol. The summed E-state index contributed by atoms with van der Waals surface area (Å²) in [5.74, 6) is -1.29. The van der Waals surface area contributed by atoms with E-state index in [-0.39, 0.29) is 11.5 Å². The Hall–Kier alpha value is -2.63. The molecule has 0 aliphatic carbocycles. The van der Waals surface area contributed by atoms with Crippen LogP contribution in [0.4, 0.5) is 5.69 Å². The predicted molar refractivity (Wildman–Crippen MR) is 64.6 cm³/mol. The van der Waals surface area contributed by atoms with E-state index in [0.717, 1.165) is 0 Å². The number of hydrogen-bond donors (Lipinski definition) is 2. The molecule has 0 saturated heterocycles. The van der Waals surface area contributed by atoms with Crippen LogP contribution in [0.1, 0.15) is 20.8 Å². The molecule has 92 valence electrons. The molecule has 0 spiro atoms. The summed E-state index contributed by atoms with van der Waals surface area (Å²) >= 11 is 0. The molecule has 1 amide bonds.